The van der Waals surface area contributed by atoms with Gasteiger partial charge in [-0.25, -0.2) is 0 Å². The number of carbonyl (C=O) groups is 1. The molecule has 0 radical (unpaired) electrons. The van der Waals surface area contributed by atoms with Gasteiger partial charge in [-0.15, -0.1) is 0 Å². The van der Waals surface area contributed by atoms with Crippen molar-refractivity contribution in [3.8, 4) is 0 Å². The van der Waals surface area contributed by atoms with Crippen LogP contribution in [0, 0.1) is 5.92 Å². The number of carbonyl (C=O) groups excluding carboxylic acids is 1. The molecule has 1 fully saturated rings. The normalized spacial score (nSPS) is 27.8. The number of ether oxygens (including phenoxy) is 1. The first-order valence-corrected chi connectivity index (χ1v) is 6.73. The second kappa shape index (κ2) is 6.97. The molecule has 0 spiro atoms. The van der Waals surface area contributed by atoms with E-state index in [1.54, 1.807) is 0 Å². The number of nitrogens with two attached hydrogens (primary N) is 1. The van der Waals surface area contributed by atoms with Crippen molar-refractivity contribution in [2.24, 2.45) is 11.7 Å². The molecule has 0 aromatic carbocycles. The Morgan fingerprint density at radius 1 is 1.53 bits per heavy atom. The molecule has 17 heavy (non-hydrogen) atoms. The second-order valence-electron chi connectivity index (χ2n) is 4.97. The lowest BCUT2D eigenvalue weighted by Gasteiger charge is -2.39. The number of hydrogen-bond donors (Lipinski definition) is 1. The molecule has 4 nitrogen and oxygen atoms in total. The van der Waals surface area contributed by atoms with Crippen molar-refractivity contribution in [2.75, 3.05) is 19.7 Å². The fourth-order valence-corrected chi connectivity index (χ4v) is 2.50. The van der Waals surface area contributed by atoms with E-state index < -0.39 is 0 Å². The van der Waals surface area contributed by atoms with E-state index in [1.807, 2.05) is 6.92 Å². The average Bonchev–Trinajstić information content (AvgIpc) is 2.29. The molecule has 0 saturated carbocycles. The van der Waals surface area contributed by atoms with Crippen LogP contribution in [0.4, 0.5) is 0 Å². The molecule has 1 rings (SSSR count). The SMILES string of the molecule is CCOC(=O)CC(C)N1CCC(N)C(CC)C1. The van der Waals surface area contributed by atoms with E-state index in [0.29, 0.717) is 25.0 Å². The van der Waals surface area contributed by atoms with E-state index in [9.17, 15) is 4.79 Å². The molecular weight excluding hydrogens is 216 g/mol. The topological polar surface area (TPSA) is 55.6 Å². The van der Waals surface area contributed by atoms with Crippen LogP contribution in [0.5, 0.6) is 0 Å². The Kier molecular flexibility index (Phi) is 5.92. The Hall–Kier alpha value is -0.610. The van der Waals surface area contributed by atoms with Crippen molar-refractivity contribution in [2.45, 2.75) is 52.1 Å². The van der Waals surface area contributed by atoms with Crippen molar-refractivity contribution in [1.82, 2.24) is 4.90 Å². The Bertz CT molecular complexity index is 246. The number of likely N-dealkylation sites (tertiary alicyclic amines) is 1. The summed E-state index contributed by atoms with van der Waals surface area (Å²) in [6.07, 6.45) is 2.63. The summed E-state index contributed by atoms with van der Waals surface area (Å²) in [6, 6.07) is 0.585. The zero-order valence-corrected chi connectivity index (χ0v) is 11.3. The Labute approximate surface area is 104 Å². The molecule has 3 atom stereocenters. The summed E-state index contributed by atoms with van der Waals surface area (Å²) < 4.78 is 4.99. The summed E-state index contributed by atoms with van der Waals surface area (Å²) in [5.74, 6) is 0.469. The van der Waals surface area contributed by atoms with Crippen LogP contribution in [0.1, 0.15) is 40.0 Å². The van der Waals surface area contributed by atoms with Crippen LogP contribution in [0.3, 0.4) is 0 Å². The van der Waals surface area contributed by atoms with Crippen molar-refractivity contribution in [1.29, 1.82) is 0 Å². The summed E-state index contributed by atoms with van der Waals surface area (Å²) >= 11 is 0. The molecule has 1 aliphatic heterocycles. The first-order chi connectivity index (χ1) is 8.08. The van der Waals surface area contributed by atoms with Gasteiger partial charge in [0.2, 0.25) is 0 Å². The van der Waals surface area contributed by atoms with Crippen molar-refractivity contribution in [3.05, 3.63) is 0 Å². The van der Waals surface area contributed by atoms with Gasteiger partial charge in [0, 0.05) is 18.6 Å². The number of piperidine rings is 1. The van der Waals surface area contributed by atoms with E-state index in [2.05, 4.69) is 18.7 Å². The molecule has 2 N–H and O–H groups in total. The molecule has 100 valence electrons. The Balaban J connectivity index is 2.41. The maximum absolute atomic E-state index is 11.4. The highest BCUT2D eigenvalue weighted by atomic mass is 16.5. The van der Waals surface area contributed by atoms with Crippen LogP contribution in [0.15, 0.2) is 0 Å². The lowest BCUT2D eigenvalue weighted by Crippen LogP contribution is -2.50. The molecule has 1 saturated heterocycles. The molecular formula is C13H26N2O2. The summed E-state index contributed by atoms with van der Waals surface area (Å²) in [7, 11) is 0. The average molecular weight is 242 g/mol. The standard InChI is InChI=1S/C13H26N2O2/c1-4-11-9-15(7-6-12(11)14)10(3)8-13(16)17-5-2/h10-12H,4-9,14H2,1-3H3. The van der Waals surface area contributed by atoms with Gasteiger partial charge in [-0.1, -0.05) is 13.3 Å². The zero-order chi connectivity index (χ0) is 12.8. The second-order valence-corrected chi connectivity index (χ2v) is 4.97. The van der Waals surface area contributed by atoms with Crippen molar-refractivity contribution < 1.29 is 9.53 Å². The molecule has 0 aromatic rings. The molecule has 0 amide bonds. The fraction of sp³-hybridized carbons (Fsp3) is 0.923. The predicted octanol–water partition coefficient (Wildman–Crippen LogP) is 1.39. The quantitative estimate of drug-likeness (QED) is 0.740. The zero-order valence-electron chi connectivity index (χ0n) is 11.3. The maximum atomic E-state index is 11.4. The lowest BCUT2D eigenvalue weighted by atomic mass is 9.90. The largest absolute Gasteiger partial charge is 0.466 e. The highest BCUT2D eigenvalue weighted by Gasteiger charge is 2.28. The number of rotatable bonds is 5. The molecule has 0 bridgehead atoms. The number of hydrogen-bond acceptors (Lipinski definition) is 4. The van der Waals surface area contributed by atoms with E-state index >= 15 is 0 Å². The lowest BCUT2D eigenvalue weighted by molar-refractivity contribution is -0.144. The van der Waals surface area contributed by atoms with Gasteiger partial charge < -0.3 is 10.5 Å². The van der Waals surface area contributed by atoms with E-state index in [0.717, 1.165) is 25.9 Å². The monoisotopic (exact) mass is 242 g/mol. The van der Waals surface area contributed by atoms with Crippen LogP contribution in [0.25, 0.3) is 0 Å². The summed E-state index contributed by atoms with van der Waals surface area (Å²) in [5.41, 5.74) is 6.08. The van der Waals surface area contributed by atoms with Gasteiger partial charge >= 0.3 is 5.97 Å². The summed E-state index contributed by atoms with van der Waals surface area (Å²) in [6.45, 7) is 8.60. The molecule has 0 aromatic heterocycles. The third-order valence-corrected chi connectivity index (χ3v) is 3.74. The molecule has 1 aliphatic rings. The molecule has 3 unspecified atom stereocenters. The number of nitrogens with zero attached hydrogens (tertiary/aromatic N) is 1. The summed E-state index contributed by atoms with van der Waals surface area (Å²) in [4.78, 5) is 13.8. The molecule has 1 heterocycles. The minimum Gasteiger partial charge on any atom is -0.466 e. The highest BCUT2D eigenvalue weighted by Crippen LogP contribution is 2.21. The van der Waals surface area contributed by atoms with Gasteiger partial charge in [0.05, 0.1) is 13.0 Å². The van der Waals surface area contributed by atoms with E-state index in [-0.39, 0.29) is 12.0 Å². The highest BCUT2D eigenvalue weighted by molar-refractivity contribution is 5.70. The smallest absolute Gasteiger partial charge is 0.307 e. The van der Waals surface area contributed by atoms with Crippen LogP contribution in [-0.2, 0) is 9.53 Å². The van der Waals surface area contributed by atoms with Crippen LogP contribution >= 0.6 is 0 Å². The van der Waals surface area contributed by atoms with Gasteiger partial charge in [0.25, 0.3) is 0 Å². The van der Waals surface area contributed by atoms with Gasteiger partial charge in [0.1, 0.15) is 0 Å². The van der Waals surface area contributed by atoms with E-state index in [1.165, 1.54) is 0 Å². The van der Waals surface area contributed by atoms with Crippen LogP contribution < -0.4 is 5.73 Å². The Morgan fingerprint density at radius 3 is 2.82 bits per heavy atom. The molecule has 0 aliphatic carbocycles. The van der Waals surface area contributed by atoms with Gasteiger partial charge in [-0.05, 0) is 32.7 Å². The minimum atomic E-state index is -0.0945. The number of esters is 1. The van der Waals surface area contributed by atoms with E-state index in [4.69, 9.17) is 10.5 Å². The first-order valence-electron chi connectivity index (χ1n) is 6.73. The van der Waals surface area contributed by atoms with Crippen molar-refractivity contribution >= 4 is 5.97 Å². The molecule has 4 heteroatoms. The Morgan fingerprint density at radius 2 is 2.24 bits per heavy atom. The van der Waals surface area contributed by atoms with Crippen molar-refractivity contribution in [3.63, 3.8) is 0 Å². The first kappa shape index (κ1) is 14.5. The predicted molar refractivity (Wildman–Crippen MR) is 68.7 cm³/mol. The fourth-order valence-electron chi connectivity index (χ4n) is 2.50. The van der Waals surface area contributed by atoms with Gasteiger partial charge in [-0.3, -0.25) is 9.69 Å². The third kappa shape index (κ3) is 4.28. The van der Waals surface area contributed by atoms with Gasteiger partial charge in [-0.2, -0.15) is 0 Å². The summed E-state index contributed by atoms with van der Waals surface area (Å²) in [5, 5.41) is 0. The van der Waals surface area contributed by atoms with Gasteiger partial charge in [0.15, 0.2) is 0 Å². The maximum Gasteiger partial charge on any atom is 0.307 e. The van der Waals surface area contributed by atoms with Crippen LogP contribution in [0.2, 0.25) is 0 Å². The van der Waals surface area contributed by atoms with Crippen LogP contribution in [-0.4, -0.2) is 42.6 Å². The minimum absolute atomic E-state index is 0.0945. The third-order valence-electron chi connectivity index (χ3n) is 3.74.